The highest BCUT2D eigenvalue weighted by Crippen LogP contribution is 2.46. The SMILES string of the molecule is CCc1ccc(-c2cccc(Cl)c2C)cc1C1C(=O)C(C)(C)C(=O)C(C)(C)C1=O. The Morgan fingerprint density at radius 1 is 0.931 bits per heavy atom. The summed E-state index contributed by atoms with van der Waals surface area (Å²) in [6, 6.07) is 11.6. The molecule has 0 bridgehead atoms. The fourth-order valence-corrected chi connectivity index (χ4v) is 4.58. The number of ketones is 3. The molecule has 0 heterocycles. The van der Waals surface area contributed by atoms with Crippen LogP contribution >= 0.6 is 11.6 Å². The molecule has 0 radical (unpaired) electrons. The van der Waals surface area contributed by atoms with Crippen LogP contribution in [0.3, 0.4) is 0 Å². The van der Waals surface area contributed by atoms with Crippen LogP contribution in [0.5, 0.6) is 0 Å². The number of aryl methyl sites for hydroxylation is 1. The van der Waals surface area contributed by atoms with Gasteiger partial charge in [-0.2, -0.15) is 0 Å². The zero-order valence-corrected chi connectivity index (χ0v) is 18.6. The second kappa shape index (κ2) is 7.21. The Balaban J connectivity index is 2.24. The third-order valence-electron chi connectivity index (χ3n) is 6.31. The number of rotatable bonds is 3. The highest BCUT2D eigenvalue weighted by Gasteiger charge is 2.58. The number of carbonyl (C=O) groups is 3. The van der Waals surface area contributed by atoms with Crippen molar-refractivity contribution in [3.8, 4) is 11.1 Å². The molecule has 1 saturated carbocycles. The molecular formula is C25H27ClO3. The van der Waals surface area contributed by atoms with Gasteiger partial charge >= 0.3 is 0 Å². The Morgan fingerprint density at radius 2 is 1.52 bits per heavy atom. The molecule has 0 unspecified atom stereocenters. The summed E-state index contributed by atoms with van der Waals surface area (Å²) in [5.41, 5.74) is 2.07. The minimum atomic E-state index is -1.20. The summed E-state index contributed by atoms with van der Waals surface area (Å²) < 4.78 is 0. The summed E-state index contributed by atoms with van der Waals surface area (Å²) >= 11 is 6.30. The van der Waals surface area contributed by atoms with E-state index >= 15 is 0 Å². The summed E-state index contributed by atoms with van der Waals surface area (Å²) in [6.07, 6.45) is 0.690. The third-order valence-corrected chi connectivity index (χ3v) is 6.72. The number of Topliss-reactive ketones (excluding diaryl/α,β-unsaturated/α-hetero) is 3. The van der Waals surface area contributed by atoms with Crippen LogP contribution in [0.15, 0.2) is 36.4 Å². The van der Waals surface area contributed by atoms with Gasteiger partial charge in [-0.1, -0.05) is 42.8 Å². The molecule has 0 aliphatic heterocycles. The van der Waals surface area contributed by atoms with Crippen LogP contribution in [0.4, 0.5) is 0 Å². The molecule has 1 aliphatic carbocycles. The van der Waals surface area contributed by atoms with Crippen LogP contribution in [0.2, 0.25) is 5.02 Å². The smallest absolute Gasteiger partial charge is 0.160 e. The maximum absolute atomic E-state index is 13.3. The van der Waals surface area contributed by atoms with Crippen LogP contribution < -0.4 is 0 Å². The van der Waals surface area contributed by atoms with E-state index in [9.17, 15) is 14.4 Å². The standard InChI is InChI=1S/C25H27ClO3/c1-7-15-11-12-16(17-9-8-10-19(26)14(17)2)13-18(15)20-21(27)24(3,4)23(29)25(5,6)22(20)28/h8-13,20H,7H2,1-6H3. The van der Waals surface area contributed by atoms with Crippen LogP contribution in [0.1, 0.15) is 57.2 Å². The van der Waals surface area contributed by atoms with Crippen molar-refractivity contribution in [3.05, 3.63) is 58.1 Å². The first-order valence-corrected chi connectivity index (χ1v) is 10.3. The predicted octanol–water partition coefficient (Wildman–Crippen LogP) is 5.73. The Morgan fingerprint density at radius 3 is 2.07 bits per heavy atom. The van der Waals surface area contributed by atoms with Crippen molar-refractivity contribution in [1.29, 1.82) is 0 Å². The van der Waals surface area contributed by atoms with Crippen LogP contribution in [0.25, 0.3) is 11.1 Å². The van der Waals surface area contributed by atoms with E-state index in [-0.39, 0.29) is 17.3 Å². The molecule has 29 heavy (non-hydrogen) atoms. The number of halogens is 1. The van der Waals surface area contributed by atoms with Gasteiger partial charge in [0.25, 0.3) is 0 Å². The maximum Gasteiger partial charge on any atom is 0.160 e. The summed E-state index contributed by atoms with van der Waals surface area (Å²) in [5, 5.41) is 0.668. The van der Waals surface area contributed by atoms with Crippen molar-refractivity contribution in [3.63, 3.8) is 0 Å². The molecule has 0 spiro atoms. The Kier molecular flexibility index (Phi) is 5.33. The van der Waals surface area contributed by atoms with Gasteiger partial charge in [0.2, 0.25) is 0 Å². The van der Waals surface area contributed by atoms with E-state index in [1.165, 1.54) is 0 Å². The monoisotopic (exact) mass is 410 g/mol. The first kappa shape index (κ1) is 21.4. The average Bonchev–Trinajstić information content (AvgIpc) is 2.68. The molecule has 3 rings (SSSR count). The minimum absolute atomic E-state index is 0.309. The quantitative estimate of drug-likeness (QED) is 0.606. The molecule has 4 heteroatoms. The summed E-state index contributed by atoms with van der Waals surface area (Å²) in [7, 11) is 0. The van der Waals surface area contributed by atoms with E-state index in [4.69, 9.17) is 11.6 Å². The van der Waals surface area contributed by atoms with Crippen molar-refractivity contribution < 1.29 is 14.4 Å². The van der Waals surface area contributed by atoms with E-state index in [0.29, 0.717) is 17.0 Å². The third kappa shape index (κ3) is 3.26. The highest BCUT2D eigenvalue weighted by molar-refractivity contribution is 6.32. The van der Waals surface area contributed by atoms with Crippen LogP contribution in [-0.4, -0.2) is 17.3 Å². The van der Waals surface area contributed by atoms with E-state index in [2.05, 4.69) is 0 Å². The second-order valence-electron chi connectivity index (χ2n) is 8.92. The fourth-order valence-electron chi connectivity index (χ4n) is 4.40. The fraction of sp³-hybridized carbons (Fsp3) is 0.400. The van der Waals surface area contributed by atoms with E-state index < -0.39 is 16.7 Å². The lowest BCUT2D eigenvalue weighted by Crippen LogP contribution is -2.56. The Labute approximate surface area is 177 Å². The molecule has 3 nitrogen and oxygen atoms in total. The number of hydrogen-bond acceptors (Lipinski definition) is 3. The number of benzene rings is 2. The van der Waals surface area contributed by atoms with Crippen molar-refractivity contribution in [2.24, 2.45) is 10.8 Å². The van der Waals surface area contributed by atoms with Gasteiger partial charge in [-0.25, -0.2) is 0 Å². The van der Waals surface area contributed by atoms with E-state index in [1.54, 1.807) is 27.7 Å². The van der Waals surface area contributed by atoms with Gasteiger partial charge in [-0.15, -0.1) is 0 Å². The molecule has 0 aromatic heterocycles. The first-order valence-electron chi connectivity index (χ1n) is 9.96. The van der Waals surface area contributed by atoms with E-state index in [0.717, 1.165) is 22.3 Å². The van der Waals surface area contributed by atoms with Gasteiger partial charge in [0, 0.05) is 5.02 Å². The molecule has 0 N–H and O–H groups in total. The van der Waals surface area contributed by atoms with Gasteiger partial charge in [-0.3, -0.25) is 14.4 Å². The van der Waals surface area contributed by atoms with Gasteiger partial charge in [0.05, 0.1) is 10.8 Å². The van der Waals surface area contributed by atoms with Gasteiger partial charge in [-0.05, 0) is 81.0 Å². The van der Waals surface area contributed by atoms with E-state index in [1.807, 2.05) is 50.2 Å². The average molecular weight is 411 g/mol. The van der Waals surface area contributed by atoms with Gasteiger partial charge in [0.15, 0.2) is 17.3 Å². The molecule has 0 saturated heterocycles. The van der Waals surface area contributed by atoms with Crippen LogP contribution in [-0.2, 0) is 20.8 Å². The summed E-state index contributed by atoms with van der Waals surface area (Å²) in [6.45, 7) is 10.5. The lowest BCUT2D eigenvalue weighted by Gasteiger charge is -2.41. The van der Waals surface area contributed by atoms with Crippen molar-refractivity contribution in [1.82, 2.24) is 0 Å². The van der Waals surface area contributed by atoms with Gasteiger partial charge in [0.1, 0.15) is 5.92 Å². The maximum atomic E-state index is 13.3. The molecular weight excluding hydrogens is 384 g/mol. The normalized spacial score (nSPS) is 18.9. The summed E-state index contributed by atoms with van der Waals surface area (Å²) in [4.78, 5) is 39.5. The van der Waals surface area contributed by atoms with Crippen LogP contribution in [0, 0.1) is 17.8 Å². The Bertz CT molecular complexity index is 1000. The molecule has 1 aliphatic rings. The van der Waals surface area contributed by atoms with Crippen molar-refractivity contribution in [2.75, 3.05) is 0 Å². The lowest BCUT2D eigenvalue weighted by molar-refractivity contribution is -0.157. The first-order chi connectivity index (χ1) is 13.4. The lowest BCUT2D eigenvalue weighted by atomic mass is 9.57. The molecule has 2 aromatic rings. The zero-order valence-electron chi connectivity index (χ0n) is 17.9. The second-order valence-corrected chi connectivity index (χ2v) is 9.33. The number of hydrogen-bond donors (Lipinski definition) is 0. The highest BCUT2D eigenvalue weighted by atomic mass is 35.5. The topological polar surface area (TPSA) is 51.2 Å². The van der Waals surface area contributed by atoms with Gasteiger partial charge < -0.3 is 0 Å². The summed E-state index contributed by atoms with van der Waals surface area (Å²) in [5.74, 6) is -1.88. The number of carbonyl (C=O) groups excluding carboxylic acids is 3. The van der Waals surface area contributed by atoms with Crippen molar-refractivity contribution >= 4 is 29.0 Å². The largest absolute Gasteiger partial charge is 0.298 e. The minimum Gasteiger partial charge on any atom is -0.298 e. The molecule has 0 atom stereocenters. The molecule has 1 fully saturated rings. The zero-order chi connectivity index (χ0) is 21.7. The molecule has 2 aromatic carbocycles. The molecule has 0 amide bonds. The van der Waals surface area contributed by atoms with Crippen molar-refractivity contribution in [2.45, 2.75) is 53.9 Å². The predicted molar refractivity (Wildman–Crippen MR) is 116 cm³/mol. The Hall–Kier alpha value is -2.26. The molecule has 152 valence electrons.